The van der Waals surface area contributed by atoms with Crippen molar-refractivity contribution in [2.75, 3.05) is 20.0 Å². The van der Waals surface area contributed by atoms with Gasteiger partial charge in [-0.05, 0) is 24.6 Å². The Kier molecular flexibility index (Phi) is 4.67. The van der Waals surface area contributed by atoms with Crippen molar-refractivity contribution < 1.29 is 19.4 Å². The van der Waals surface area contributed by atoms with Gasteiger partial charge in [-0.25, -0.2) is 9.48 Å². The van der Waals surface area contributed by atoms with Crippen LogP contribution in [0.5, 0.6) is 5.75 Å². The predicted molar refractivity (Wildman–Crippen MR) is 80.7 cm³/mol. The van der Waals surface area contributed by atoms with Gasteiger partial charge in [-0.2, -0.15) is 5.10 Å². The third-order valence-electron chi connectivity index (χ3n) is 3.40. The second-order valence-electron chi connectivity index (χ2n) is 4.81. The summed E-state index contributed by atoms with van der Waals surface area (Å²) < 4.78 is 11.2. The van der Waals surface area contributed by atoms with Crippen LogP contribution in [0.3, 0.4) is 0 Å². The van der Waals surface area contributed by atoms with Gasteiger partial charge in [0.1, 0.15) is 17.1 Å². The Hall–Kier alpha value is -2.54. The van der Waals surface area contributed by atoms with Crippen LogP contribution in [0, 0.1) is 6.92 Å². The molecule has 0 aliphatic heterocycles. The molecule has 0 aliphatic rings. The van der Waals surface area contributed by atoms with Gasteiger partial charge in [0.2, 0.25) is 0 Å². The number of benzene rings is 1. The van der Waals surface area contributed by atoms with Gasteiger partial charge in [0.25, 0.3) is 0 Å². The Bertz CT molecular complexity index is 664. The van der Waals surface area contributed by atoms with Crippen molar-refractivity contribution in [1.82, 2.24) is 9.78 Å². The number of hydrogen-bond acceptors (Lipinski definition) is 6. The maximum Gasteiger partial charge on any atom is 0.343 e. The van der Waals surface area contributed by atoms with E-state index in [9.17, 15) is 9.90 Å². The molecule has 0 bridgehead atoms. The summed E-state index contributed by atoms with van der Waals surface area (Å²) in [6, 6.07) is 7.04. The van der Waals surface area contributed by atoms with Crippen molar-refractivity contribution in [2.24, 2.45) is 0 Å². The summed E-state index contributed by atoms with van der Waals surface area (Å²) in [5.41, 5.74) is 7.31. The van der Waals surface area contributed by atoms with Crippen molar-refractivity contribution in [3.8, 4) is 5.75 Å². The van der Waals surface area contributed by atoms with Gasteiger partial charge in [-0.15, -0.1) is 0 Å². The van der Waals surface area contributed by atoms with E-state index in [4.69, 9.17) is 10.5 Å². The molecular formula is C15H19N3O4. The zero-order valence-electron chi connectivity index (χ0n) is 12.7. The number of nitrogens with two attached hydrogens (primary N) is 1. The second-order valence-corrected chi connectivity index (χ2v) is 4.81. The van der Waals surface area contributed by atoms with Crippen LogP contribution in [0.2, 0.25) is 0 Å². The molecule has 1 aromatic carbocycles. The zero-order chi connectivity index (χ0) is 16.3. The van der Waals surface area contributed by atoms with E-state index in [0.717, 1.165) is 0 Å². The number of aromatic nitrogens is 2. The van der Waals surface area contributed by atoms with Gasteiger partial charge in [-0.1, -0.05) is 12.1 Å². The molecule has 2 rings (SSSR count). The number of nitrogens with zero attached hydrogens (tertiary/aromatic N) is 2. The zero-order valence-corrected chi connectivity index (χ0v) is 12.7. The highest BCUT2D eigenvalue weighted by Crippen LogP contribution is 2.23. The topological polar surface area (TPSA) is 99.6 Å². The lowest BCUT2D eigenvalue weighted by Gasteiger charge is -2.13. The predicted octanol–water partition coefficient (Wildman–Crippen LogP) is 1.30. The van der Waals surface area contributed by atoms with Crippen LogP contribution < -0.4 is 10.5 Å². The molecule has 0 saturated carbocycles. The van der Waals surface area contributed by atoms with Crippen molar-refractivity contribution in [3.63, 3.8) is 0 Å². The monoisotopic (exact) mass is 305 g/mol. The van der Waals surface area contributed by atoms with Crippen LogP contribution in [-0.2, 0) is 11.3 Å². The van der Waals surface area contributed by atoms with Crippen LogP contribution in [0.15, 0.2) is 24.3 Å². The third kappa shape index (κ3) is 3.04. The van der Waals surface area contributed by atoms with Crippen molar-refractivity contribution in [1.29, 1.82) is 0 Å². The molecule has 0 fully saturated rings. The van der Waals surface area contributed by atoms with E-state index in [1.54, 1.807) is 38.3 Å². The van der Waals surface area contributed by atoms with Gasteiger partial charge in [0.05, 0.1) is 32.6 Å². The first kappa shape index (κ1) is 15.8. The molecule has 2 aromatic rings. The van der Waals surface area contributed by atoms with Crippen molar-refractivity contribution >= 4 is 11.8 Å². The summed E-state index contributed by atoms with van der Waals surface area (Å²) in [5.74, 6) is 0.343. The molecule has 1 unspecified atom stereocenters. The van der Waals surface area contributed by atoms with Crippen LogP contribution in [0.1, 0.15) is 27.7 Å². The first-order valence-corrected chi connectivity index (χ1v) is 6.71. The van der Waals surface area contributed by atoms with E-state index in [1.165, 1.54) is 11.8 Å². The van der Waals surface area contributed by atoms with Gasteiger partial charge >= 0.3 is 5.97 Å². The lowest BCUT2D eigenvalue weighted by atomic mass is 10.1. The Balaban J connectivity index is 2.21. The van der Waals surface area contributed by atoms with Gasteiger partial charge in [0.15, 0.2) is 0 Å². The highest BCUT2D eigenvalue weighted by atomic mass is 16.5. The Labute approximate surface area is 128 Å². The normalized spacial score (nSPS) is 12.0. The number of aryl methyl sites for hydroxylation is 1. The van der Waals surface area contributed by atoms with E-state index in [1.807, 2.05) is 0 Å². The maximum absolute atomic E-state index is 11.7. The summed E-state index contributed by atoms with van der Waals surface area (Å²) in [4.78, 5) is 11.7. The van der Waals surface area contributed by atoms with Gasteiger partial charge in [-0.3, -0.25) is 0 Å². The average molecular weight is 305 g/mol. The maximum atomic E-state index is 11.7. The van der Waals surface area contributed by atoms with Crippen LogP contribution >= 0.6 is 0 Å². The smallest absolute Gasteiger partial charge is 0.343 e. The first-order valence-electron chi connectivity index (χ1n) is 6.71. The molecule has 22 heavy (non-hydrogen) atoms. The Morgan fingerprint density at radius 3 is 2.55 bits per heavy atom. The number of methoxy groups -OCH3 is 2. The largest absolute Gasteiger partial charge is 0.497 e. The molecule has 7 heteroatoms. The van der Waals surface area contributed by atoms with E-state index in [2.05, 4.69) is 9.84 Å². The van der Waals surface area contributed by atoms with Gasteiger partial charge in [0, 0.05) is 0 Å². The minimum absolute atomic E-state index is 0.135. The fourth-order valence-electron chi connectivity index (χ4n) is 2.19. The van der Waals surface area contributed by atoms with E-state index in [0.29, 0.717) is 17.0 Å². The lowest BCUT2D eigenvalue weighted by molar-refractivity contribution is 0.0601. The second kappa shape index (κ2) is 6.48. The van der Waals surface area contributed by atoms with Crippen LogP contribution in [-0.4, -0.2) is 35.1 Å². The molecule has 3 N–H and O–H groups in total. The number of hydrogen-bond donors (Lipinski definition) is 2. The molecule has 0 amide bonds. The van der Waals surface area contributed by atoms with Crippen LogP contribution in [0.4, 0.5) is 5.82 Å². The van der Waals surface area contributed by atoms with Crippen molar-refractivity contribution in [2.45, 2.75) is 19.6 Å². The molecule has 0 spiro atoms. The fourth-order valence-corrected chi connectivity index (χ4v) is 2.19. The van der Waals surface area contributed by atoms with E-state index >= 15 is 0 Å². The minimum atomic E-state index is -0.807. The standard InChI is InChI=1S/C15H19N3O4/c1-9-13(15(20)22-3)14(16)18(17-9)8-12(19)10-4-6-11(21-2)7-5-10/h4-7,12,19H,8,16H2,1-3H3. The molecule has 0 aliphatic carbocycles. The molecular weight excluding hydrogens is 286 g/mol. The number of anilines is 1. The molecule has 1 atom stereocenters. The molecule has 0 radical (unpaired) electrons. The quantitative estimate of drug-likeness (QED) is 0.808. The molecule has 1 aromatic heterocycles. The molecule has 1 heterocycles. The SMILES string of the molecule is COC(=O)c1c(C)nn(CC(O)c2ccc(OC)cc2)c1N. The van der Waals surface area contributed by atoms with E-state index in [-0.39, 0.29) is 17.9 Å². The van der Waals surface area contributed by atoms with Crippen molar-refractivity contribution in [3.05, 3.63) is 41.1 Å². The highest BCUT2D eigenvalue weighted by molar-refractivity contribution is 5.95. The number of ether oxygens (including phenoxy) is 2. The number of aliphatic hydroxyl groups excluding tert-OH is 1. The number of rotatable bonds is 5. The number of aliphatic hydroxyl groups is 1. The highest BCUT2D eigenvalue weighted by Gasteiger charge is 2.21. The summed E-state index contributed by atoms with van der Waals surface area (Å²) in [7, 11) is 2.86. The van der Waals surface area contributed by atoms with E-state index < -0.39 is 12.1 Å². The fraction of sp³-hybridized carbons (Fsp3) is 0.333. The summed E-state index contributed by atoms with van der Waals surface area (Å²) in [5, 5.41) is 14.5. The summed E-state index contributed by atoms with van der Waals surface area (Å²) in [6.07, 6.45) is -0.807. The first-order chi connectivity index (χ1) is 10.5. The number of nitrogen functional groups attached to an aromatic ring is 1. The van der Waals surface area contributed by atoms with Crippen LogP contribution in [0.25, 0.3) is 0 Å². The number of esters is 1. The molecule has 0 saturated heterocycles. The summed E-state index contributed by atoms with van der Waals surface area (Å²) >= 11 is 0. The Morgan fingerprint density at radius 1 is 1.36 bits per heavy atom. The summed E-state index contributed by atoms with van der Waals surface area (Å²) in [6.45, 7) is 1.80. The minimum Gasteiger partial charge on any atom is -0.497 e. The lowest BCUT2D eigenvalue weighted by Crippen LogP contribution is -2.13. The average Bonchev–Trinajstić information content (AvgIpc) is 2.80. The van der Waals surface area contributed by atoms with Gasteiger partial charge < -0.3 is 20.3 Å². The Morgan fingerprint density at radius 2 is 2.00 bits per heavy atom. The molecule has 118 valence electrons. The molecule has 7 nitrogen and oxygen atoms in total. The number of carbonyl (C=O) groups is 1. The third-order valence-corrected chi connectivity index (χ3v) is 3.40. The number of carbonyl (C=O) groups excluding carboxylic acids is 1.